The predicted octanol–water partition coefficient (Wildman–Crippen LogP) is 5.29. The number of para-hydroxylation sites is 1. The lowest BCUT2D eigenvalue weighted by Gasteiger charge is -2.20. The monoisotopic (exact) mass is 438 g/mol. The van der Waals surface area contributed by atoms with Crippen LogP contribution < -0.4 is 10.2 Å². The van der Waals surface area contributed by atoms with Gasteiger partial charge in [-0.15, -0.1) is 0 Å². The van der Waals surface area contributed by atoms with Gasteiger partial charge in [0.2, 0.25) is 11.8 Å². The van der Waals surface area contributed by atoms with Crippen molar-refractivity contribution in [3.05, 3.63) is 95.6 Å². The van der Waals surface area contributed by atoms with Gasteiger partial charge in [0.15, 0.2) is 0 Å². The molecule has 1 N–H and O–H groups in total. The van der Waals surface area contributed by atoms with Crippen LogP contribution >= 0.6 is 0 Å². The van der Waals surface area contributed by atoms with Gasteiger partial charge in [-0.3, -0.25) is 9.59 Å². The van der Waals surface area contributed by atoms with E-state index in [1.54, 1.807) is 4.90 Å². The summed E-state index contributed by atoms with van der Waals surface area (Å²) < 4.78 is 38.8. The standard InChI is InChI=1S/C25H21F3N2O2/c26-25(27,28)19-10-6-11-20(16-19)29-23(31)21-13-14-30(24(21)32)22-12-5-4-9-18(22)15-17-7-2-1-3-8-17/h1-12,16,21H,13-15H2,(H,29,31)/t21-/m1/s1. The van der Waals surface area contributed by atoms with Crippen LogP contribution in [0.4, 0.5) is 24.5 Å². The van der Waals surface area contributed by atoms with E-state index in [9.17, 15) is 22.8 Å². The molecular weight excluding hydrogens is 417 g/mol. The topological polar surface area (TPSA) is 49.4 Å². The van der Waals surface area contributed by atoms with Crippen molar-refractivity contribution in [2.75, 3.05) is 16.8 Å². The van der Waals surface area contributed by atoms with Gasteiger partial charge in [-0.2, -0.15) is 13.2 Å². The molecule has 1 saturated heterocycles. The van der Waals surface area contributed by atoms with Crippen molar-refractivity contribution in [1.29, 1.82) is 0 Å². The highest BCUT2D eigenvalue weighted by Crippen LogP contribution is 2.32. The number of benzene rings is 3. The first kappa shape index (κ1) is 21.6. The van der Waals surface area contributed by atoms with Crippen LogP contribution in [0, 0.1) is 5.92 Å². The summed E-state index contributed by atoms with van der Waals surface area (Å²) in [6.45, 7) is 0.366. The molecule has 0 unspecified atom stereocenters. The molecule has 0 aromatic heterocycles. The van der Waals surface area contributed by atoms with E-state index in [1.807, 2.05) is 54.6 Å². The number of hydrogen-bond donors (Lipinski definition) is 1. The normalized spacial score (nSPS) is 16.3. The van der Waals surface area contributed by atoms with Gasteiger partial charge in [0.05, 0.1) is 5.56 Å². The third kappa shape index (κ3) is 4.66. The SMILES string of the molecule is O=C(Nc1cccc(C(F)(F)F)c1)[C@H]1CCN(c2ccccc2Cc2ccccc2)C1=O. The second kappa shape index (κ2) is 8.86. The van der Waals surface area contributed by atoms with Crippen LogP contribution in [0.1, 0.15) is 23.1 Å². The first-order valence-corrected chi connectivity index (χ1v) is 10.2. The summed E-state index contributed by atoms with van der Waals surface area (Å²) >= 11 is 0. The number of carbonyl (C=O) groups excluding carboxylic acids is 2. The first-order valence-electron chi connectivity index (χ1n) is 10.2. The van der Waals surface area contributed by atoms with Crippen LogP contribution in [0.3, 0.4) is 0 Å². The third-order valence-corrected chi connectivity index (χ3v) is 5.50. The molecule has 3 aromatic rings. The number of nitrogens with zero attached hydrogens (tertiary/aromatic N) is 1. The number of rotatable bonds is 5. The Hall–Kier alpha value is -3.61. The second-order valence-electron chi connectivity index (χ2n) is 7.69. The van der Waals surface area contributed by atoms with E-state index in [1.165, 1.54) is 12.1 Å². The second-order valence-corrected chi connectivity index (χ2v) is 7.69. The molecule has 0 saturated carbocycles. The maximum Gasteiger partial charge on any atom is 0.416 e. The summed E-state index contributed by atoms with van der Waals surface area (Å²) in [5.74, 6) is -1.90. The van der Waals surface area contributed by atoms with E-state index in [0.717, 1.165) is 28.9 Å². The number of anilines is 2. The van der Waals surface area contributed by atoms with Crippen LogP contribution in [0.25, 0.3) is 0 Å². The van der Waals surface area contributed by atoms with Crippen LogP contribution in [0.2, 0.25) is 0 Å². The van der Waals surface area contributed by atoms with Gasteiger partial charge in [-0.25, -0.2) is 0 Å². The summed E-state index contributed by atoms with van der Waals surface area (Å²) in [4.78, 5) is 27.3. The molecule has 1 aliphatic rings. The Morgan fingerprint density at radius 1 is 0.969 bits per heavy atom. The lowest BCUT2D eigenvalue weighted by Crippen LogP contribution is -2.33. The summed E-state index contributed by atoms with van der Waals surface area (Å²) in [5, 5.41) is 2.47. The number of alkyl halides is 3. The molecule has 0 bridgehead atoms. The zero-order valence-electron chi connectivity index (χ0n) is 17.1. The molecule has 1 aliphatic heterocycles. The fraction of sp³-hybridized carbons (Fsp3) is 0.200. The molecular formula is C25H21F3N2O2. The Labute approximate surface area is 183 Å². The number of amides is 2. The molecule has 164 valence electrons. The Balaban J connectivity index is 1.50. The number of halogens is 3. The maximum atomic E-state index is 13.1. The summed E-state index contributed by atoms with van der Waals surface area (Å²) in [6, 6.07) is 21.8. The van der Waals surface area contributed by atoms with E-state index < -0.39 is 23.6 Å². The number of nitrogens with one attached hydrogen (secondary N) is 1. The first-order chi connectivity index (χ1) is 15.3. The lowest BCUT2D eigenvalue weighted by atomic mass is 10.0. The van der Waals surface area contributed by atoms with Crippen LogP contribution in [0.15, 0.2) is 78.9 Å². The molecule has 1 atom stereocenters. The van der Waals surface area contributed by atoms with Gasteiger partial charge in [-0.1, -0.05) is 54.6 Å². The molecule has 0 radical (unpaired) electrons. The lowest BCUT2D eigenvalue weighted by molar-refractivity contribution is -0.137. The maximum absolute atomic E-state index is 13.1. The Kier molecular flexibility index (Phi) is 5.99. The zero-order chi connectivity index (χ0) is 22.7. The average molecular weight is 438 g/mol. The summed E-state index contributed by atoms with van der Waals surface area (Å²) in [6.07, 6.45) is -3.58. The molecule has 0 spiro atoms. The highest BCUT2D eigenvalue weighted by atomic mass is 19.4. The van der Waals surface area contributed by atoms with E-state index in [-0.39, 0.29) is 11.6 Å². The molecule has 2 amide bonds. The van der Waals surface area contributed by atoms with Crippen molar-refractivity contribution < 1.29 is 22.8 Å². The largest absolute Gasteiger partial charge is 0.416 e. The quantitative estimate of drug-likeness (QED) is 0.551. The van der Waals surface area contributed by atoms with Crippen molar-refractivity contribution in [2.24, 2.45) is 5.92 Å². The van der Waals surface area contributed by atoms with Gasteiger partial charge in [0.25, 0.3) is 0 Å². The van der Waals surface area contributed by atoms with Crippen molar-refractivity contribution in [2.45, 2.75) is 19.0 Å². The molecule has 0 aliphatic carbocycles. The van der Waals surface area contributed by atoms with E-state index in [4.69, 9.17) is 0 Å². The minimum Gasteiger partial charge on any atom is -0.325 e. The number of carbonyl (C=O) groups is 2. The highest BCUT2D eigenvalue weighted by molar-refractivity contribution is 6.13. The Bertz CT molecular complexity index is 1130. The fourth-order valence-corrected chi connectivity index (χ4v) is 3.90. The third-order valence-electron chi connectivity index (χ3n) is 5.50. The molecule has 3 aromatic carbocycles. The van der Waals surface area contributed by atoms with E-state index in [0.29, 0.717) is 19.4 Å². The van der Waals surface area contributed by atoms with Crippen molar-refractivity contribution in [1.82, 2.24) is 0 Å². The van der Waals surface area contributed by atoms with Crippen LogP contribution in [-0.2, 0) is 22.2 Å². The zero-order valence-corrected chi connectivity index (χ0v) is 17.1. The molecule has 4 nitrogen and oxygen atoms in total. The molecule has 4 rings (SSSR count). The Morgan fingerprint density at radius 2 is 1.69 bits per heavy atom. The van der Waals surface area contributed by atoms with Crippen molar-refractivity contribution in [3.8, 4) is 0 Å². The minimum absolute atomic E-state index is 0.0144. The smallest absolute Gasteiger partial charge is 0.325 e. The van der Waals surface area contributed by atoms with Gasteiger partial charge in [-0.05, 0) is 48.2 Å². The van der Waals surface area contributed by atoms with E-state index >= 15 is 0 Å². The van der Waals surface area contributed by atoms with Gasteiger partial charge >= 0.3 is 6.18 Å². The molecule has 1 fully saturated rings. The molecule has 32 heavy (non-hydrogen) atoms. The van der Waals surface area contributed by atoms with Crippen LogP contribution in [0.5, 0.6) is 0 Å². The predicted molar refractivity (Wildman–Crippen MR) is 116 cm³/mol. The highest BCUT2D eigenvalue weighted by Gasteiger charge is 2.38. The van der Waals surface area contributed by atoms with E-state index in [2.05, 4.69) is 5.32 Å². The average Bonchev–Trinajstić information content (AvgIpc) is 3.16. The minimum atomic E-state index is -4.51. The Morgan fingerprint density at radius 3 is 2.44 bits per heavy atom. The van der Waals surface area contributed by atoms with Crippen molar-refractivity contribution in [3.63, 3.8) is 0 Å². The summed E-state index contributed by atoms with van der Waals surface area (Å²) in [5.41, 5.74) is 1.97. The summed E-state index contributed by atoms with van der Waals surface area (Å²) in [7, 11) is 0. The molecule has 7 heteroatoms. The van der Waals surface area contributed by atoms with Crippen LogP contribution in [-0.4, -0.2) is 18.4 Å². The number of hydrogen-bond acceptors (Lipinski definition) is 2. The molecule has 1 heterocycles. The van der Waals surface area contributed by atoms with Gasteiger partial charge in [0, 0.05) is 17.9 Å². The van der Waals surface area contributed by atoms with Gasteiger partial charge in [0.1, 0.15) is 5.92 Å². The van der Waals surface area contributed by atoms with Gasteiger partial charge < -0.3 is 10.2 Å². The fourth-order valence-electron chi connectivity index (χ4n) is 3.90. The van der Waals surface area contributed by atoms with Crippen molar-refractivity contribution >= 4 is 23.2 Å².